The zero-order valence-corrected chi connectivity index (χ0v) is 15.4. The summed E-state index contributed by atoms with van der Waals surface area (Å²) in [6.07, 6.45) is 2.81. The Hall–Kier alpha value is -1.43. The van der Waals surface area contributed by atoms with Crippen LogP contribution < -0.4 is 0 Å². The molecule has 1 saturated heterocycles. The van der Waals surface area contributed by atoms with Gasteiger partial charge in [-0.2, -0.15) is 0 Å². The maximum atomic E-state index is 13.0. The van der Waals surface area contributed by atoms with E-state index < -0.39 is 10.0 Å². The summed E-state index contributed by atoms with van der Waals surface area (Å²) < 4.78 is 40.3. The third kappa shape index (κ3) is 4.81. The lowest BCUT2D eigenvalue weighted by Gasteiger charge is -2.24. The van der Waals surface area contributed by atoms with Crippen LogP contribution in [0.4, 0.5) is 4.39 Å². The van der Waals surface area contributed by atoms with Gasteiger partial charge >= 0.3 is 0 Å². The summed E-state index contributed by atoms with van der Waals surface area (Å²) in [5.41, 5.74) is 1.72. The topological polar surface area (TPSA) is 37.4 Å². The quantitative estimate of drug-likeness (QED) is 0.777. The van der Waals surface area contributed by atoms with Crippen molar-refractivity contribution >= 4 is 21.6 Å². The fourth-order valence-electron chi connectivity index (χ4n) is 3.25. The van der Waals surface area contributed by atoms with Gasteiger partial charge in [-0.25, -0.2) is 17.1 Å². The van der Waals surface area contributed by atoms with Crippen LogP contribution in [0.1, 0.15) is 36.3 Å². The molecule has 1 aliphatic rings. The van der Waals surface area contributed by atoms with E-state index in [0.717, 1.165) is 24.8 Å². The fraction of sp³-hybridized carbons (Fsp3) is 0.368. The summed E-state index contributed by atoms with van der Waals surface area (Å²) in [6.45, 7) is 1.01. The number of halogens is 2. The van der Waals surface area contributed by atoms with E-state index in [1.165, 1.54) is 24.3 Å². The van der Waals surface area contributed by atoms with Gasteiger partial charge in [-0.05, 0) is 54.2 Å². The normalized spacial score (nSPS) is 19.5. The SMILES string of the molecule is O=S(=O)(Cc1ccc(F)cc1)N1CCCCC(c2ccc(Cl)cc2)C1. The second kappa shape index (κ2) is 7.85. The van der Waals surface area contributed by atoms with E-state index >= 15 is 0 Å². The van der Waals surface area contributed by atoms with Crippen molar-refractivity contribution in [3.05, 3.63) is 70.5 Å². The van der Waals surface area contributed by atoms with Crippen molar-refractivity contribution in [1.29, 1.82) is 0 Å². The first-order valence-corrected chi connectivity index (χ1v) is 10.4. The fourth-order valence-corrected chi connectivity index (χ4v) is 4.99. The van der Waals surface area contributed by atoms with Gasteiger partial charge in [-0.15, -0.1) is 0 Å². The second-order valence-corrected chi connectivity index (χ2v) is 8.89. The predicted molar refractivity (Wildman–Crippen MR) is 98.6 cm³/mol. The van der Waals surface area contributed by atoms with Crippen LogP contribution in [0.5, 0.6) is 0 Å². The molecule has 0 bridgehead atoms. The van der Waals surface area contributed by atoms with Crippen molar-refractivity contribution in [1.82, 2.24) is 4.31 Å². The number of sulfonamides is 1. The molecule has 0 N–H and O–H groups in total. The average molecular weight is 382 g/mol. The molecule has 0 amide bonds. The van der Waals surface area contributed by atoms with E-state index in [0.29, 0.717) is 23.7 Å². The lowest BCUT2D eigenvalue weighted by molar-refractivity contribution is 0.405. The van der Waals surface area contributed by atoms with E-state index in [9.17, 15) is 12.8 Å². The molecule has 0 aromatic heterocycles. The molecule has 3 rings (SSSR count). The minimum atomic E-state index is -3.44. The highest BCUT2D eigenvalue weighted by molar-refractivity contribution is 7.88. The van der Waals surface area contributed by atoms with Gasteiger partial charge < -0.3 is 0 Å². The maximum Gasteiger partial charge on any atom is 0.218 e. The zero-order chi connectivity index (χ0) is 17.9. The van der Waals surface area contributed by atoms with E-state index in [2.05, 4.69) is 0 Å². The number of rotatable bonds is 4. The zero-order valence-electron chi connectivity index (χ0n) is 13.9. The monoisotopic (exact) mass is 381 g/mol. The first-order chi connectivity index (χ1) is 11.9. The van der Waals surface area contributed by atoms with Gasteiger partial charge in [0.05, 0.1) is 5.75 Å². The molecule has 0 saturated carbocycles. The van der Waals surface area contributed by atoms with Gasteiger partial charge in [0, 0.05) is 18.1 Å². The third-order valence-corrected chi connectivity index (χ3v) is 6.70. The van der Waals surface area contributed by atoms with E-state index in [1.54, 1.807) is 4.31 Å². The Morgan fingerprint density at radius 1 is 1.04 bits per heavy atom. The summed E-state index contributed by atoms with van der Waals surface area (Å²) in [5.74, 6) is -0.290. The molecule has 25 heavy (non-hydrogen) atoms. The molecule has 1 heterocycles. The summed E-state index contributed by atoms with van der Waals surface area (Å²) >= 11 is 5.95. The second-order valence-electron chi connectivity index (χ2n) is 6.48. The van der Waals surface area contributed by atoms with Crippen LogP contribution in [0.2, 0.25) is 5.02 Å². The first-order valence-electron chi connectivity index (χ1n) is 8.42. The maximum absolute atomic E-state index is 13.0. The predicted octanol–water partition coefficient (Wildman–Crippen LogP) is 4.58. The lowest BCUT2D eigenvalue weighted by Crippen LogP contribution is -2.35. The molecule has 1 atom stereocenters. The summed E-state index contributed by atoms with van der Waals surface area (Å²) in [5, 5.41) is 0.679. The Bertz CT molecular complexity index is 806. The number of nitrogens with zero attached hydrogens (tertiary/aromatic N) is 1. The number of benzene rings is 2. The molecule has 2 aromatic rings. The first kappa shape index (κ1) is 18.4. The van der Waals surface area contributed by atoms with Gasteiger partial charge in [-0.3, -0.25) is 0 Å². The standard InChI is InChI=1S/C19H21ClFNO2S/c20-18-8-6-16(7-9-18)17-3-1-2-12-22(13-17)25(23,24)14-15-4-10-19(21)11-5-15/h4-11,17H,1-3,12-14H2. The van der Waals surface area contributed by atoms with Crippen molar-refractivity contribution in [2.45, 2.75) is 30.9 Å². The molecular weight excluding hydrogens is 361 g/mol. The van der Waals surface area contributed by atoms with Crippen LogP contribution in [0.3, 0.4) is 0 Å². The Morgan fingerprint density at radius 3 is 2.40 bits per heavy atom. The molecule has 0 spiro atoms. The van der Waals surface area contributed by atoms with Gasteiger partial charge in [0.1, 0.15) is 5.82 Å². The molecule has 1 aliphatic heterocycles. The summed E-state index contributed by atoms with van der Waals surface area (Å²) in [7, 11) is -3.44. The largest absolute Gasteiger partial charge is 0.218 e. The van der Waals surface area contributed by atoms with Crippen molar-refractivity contribution in [2.24, 2.45) is 0 Å². The minimum absolute atomic E-state index is 0.0966. The summed E-state index contributed by atoms with van der Waals surface area (Å²) in [6, 6.07) is 13.3. The van der Waals surface area contributed by atoms with Gasteiger partial charge in [0.15, 0.2) is 0 Å². The molecule has 1 fully saturated rings. The number of hydrogen-bond donors (Lipinski definition) is 0. The molecule has 0 aliphatic carbocycles. The Balaban J connectivity index is 1.77. The molecule has 0 radical (unpaired) electrons. The average Bonchev–Trinajstić information content (AvgIpc) is 2.84. The van der Waals surface area contributed by atoms with Gasteiger partial charge in [0.25, 0.3) is 0 Å². The molecule has 2 aromatic carbocycles. The van der Waals surface area contributed by atoms with Crippen LogP contribution in [0, 0.1) is 5.82 Å². The van der Waals surface area contributed by atoms with Crippen molar-refractivity contribution in [2.75, 3.05) is 13.1 Å². The molecule has 134 valence electrons. The Morgan fingerprint density at radius 2 is 1.72 bits per heavy atom. The van der Waals surface area contributed by atoms with Crippen molar-refractivity contribution < 1.29 is 12.8 Å². The highest BCUT2D eigenvalue weighted by atomic mass is 35.5. The third-order valence-electron chi connectivity index (χ3n) is 4.63. The van der Waals surface area contributed by atoms with Crippen molar-refractivity contribution in [3.8, 4) is 0 Å². The van der Waals surface area contributed by atoms with Crippen LogP contribution in [-0.4, -0.2) is 25.8 Å². The van der Waals surface area contributed by atoms with Crippen LogP contribution in [-0.2, 0) is 15.8 Å². The molecular formula is C19H21ClFNO2S. The van der Waals surface area contributed by atoms with E-state index in [4.69, 9.17) is 11.6 Å². The number of hydrogen-bond acceptors (Lipinski definition) is 2. The van der Waals surface area contributed by atoms with Crippen LogP contribution in [0.25, 0.3) is 0 Å². The Kier molecular flexibility index (Phi) is 5.77. The van der Waals surface area contributed by atoms with Crippen molar-refractivity contribution in [3.63, 3.8) is 0 Å². The highest BCUT2D eigenvalue weighted by Crippen LogP contribution is 2.29. The molecule has 6 heteroatoms. The molecule has 3 nitrogen and oxygen atoms in total. The van der Waals surface area contributed by atoms with E-state index in [1.807, 2.05) is 24.3 Å². The van der Waals surface area contributed by atoms with Crippen LogP contribution in [0.15, 0.2) is 48.5 Å². The lowest BCUT2D eigenvalue weighted by atomic mass is 9.95. The van der Waals surface area contributed by atoms with Gasteiger partial charge in [-0.1, -0.05) is 42.3 Å². The van der Waals surface area contributed by atoms with Crippen LogP contribution >= 0.6 is 11.6 Å². The van der Waals surface area contributed by atoms with Gasteiger partial charge in [0.2, 0.25) is 10.0 Å². The van der Waals surface area contributed by atoms with E-state index in [-0.39, 0.29) is 17.5 Å². The molecule has 1 unspecified atom stereocenters. The highest BCUT2D eigenvalue weighted by Gasteiger charge is 2.28. The summed E-state index contributed by atoms with van der Waals surface area (Å²) in [4.78, 5) is 0. The smallest absolute Gasteiger partial charge is 0.212 e. The Labute approximate surface area is 153 Å². The minimum Gasteiger partial charge on any atom is -0.212 e.